The van der Waals surface area contributed by atoms with Gasteiger partial charge in [-0.1, -0.05) is 25.1 Å². The summed E-state index contributed by atoms with van der Waals surface area (Å²) in [5.74, 6) is -0.760. The first kappa shape index (κ1) is 9.78. The van der Waals surface area contributed by atoms with Gasteiger partial charge in [0.25, 0.3) is 0 Å². The molecule has 0 amide bonds. The summed E-state index contributed by atoms with van der Waals surface area (Å²) < 4.78 is 0. The number of carboxylic acids is 1. The SMILES string of the molecule is CCc1cccc(C)c1CC(=O)O. The fraction of sp³-hybridized carbons (Fsp3) is 0.364. The van der Waals surface area contributed by atoms with Gasteiger partial charge in [0.2, 0.25) is 0 Å². The van der Waals surface area contributed by atoms with Crippen molar-refractivity contribution in [2.45, 2.75) is 26.7 Å². The zero-order valence-electron chi connectivity index (χ0n) is 8.00. The predicted octanol–water partition coefficient (Wildman–Crippen LogP) is 2.18. The van der Waals surface area contributed by atoms with Crippen LogP contribution in [0, 0.1) is 6.92 Å². The second kappa shape index (κ2) is 4.08. The van der Waals surface area contributed by atoms with E-state index in [0.717, 1.165) is 23.1 Å². The highest BCUT2D eigenvalue weighted by Crippen LogP contribution is 2.15. The van der Waals surface area contributed by atoms with Gasteiger partial charge < -0.3 is 5.11 Å². The fourth-order valence-electron chi connectivity index (χ4n) is 1.50. The van der Waals surface area contributed by atoms with Crippen LogP contribution in [0.15, 0.2) is 18.2 Å². The van der Waals surface area contributed by atoms with Gasteiger partial charge in [-0.15, -0.1) is 0 Å². The first-order valence-electron chi connectivity index (χ1n) is 4.44. The molecule has 0 saturated heterocycles. The zero-order chi connectivity index (χ0) is 9.84. The Balaban J connectivity index is 3.07. The fourth-order valence-corrected chi connectivity index (χ4v) is 1.50. The minimum Gasteiger partial charge on any atom is -0.481 e. The maximum atomic E-state index is 10.6. The molecule has 0 aliphatic heterocycles. The molecule has 0 radical (unpaired) electrons. The first-order valence-corrected chi connectivity index (χ1v) is 4.44. The molecular formula is C11H14O2. The van der Waals surface area contributed by atoms with Crippen LogP contribution in [0.5, 0.6) is 0 Å². The molecule has 1 N–H and O–H groups in total. The summed E-state index contributed by atoms with van der Waals surface area (Å²) in [5.41, 5.74) is 3.18. The van der Waals surface area contributed by atoms with Gasteiger partial charge in [0.15, 0.2) is 0 Å². The van der Waals surface area contributed by atoms with E-state index in [0.29, 0.717) is 0 Å². The number of hydrogen-bond acceptors (Lipinski definition) is 1. The molecule has 0 atom stereocenters. The summed E-state index contributed by atoms with van der Waals surface area (Å²) in [6.45, 7) is 4.00. The molecule has 0 saturated carbocycles. The van der Waals surface area contributed by atoms with E-state index in [9.17, 15) is 4.79 Å². The van der Waals surface area contributed by atoms with Gasteiger partial charge in [-0.25, -0.2) is 0 Å². The second-order valence-corrected chi connectivity index (χ2v) is 3.14. The third kappa shape index (κ3) is 2.31. The number of rotatable bonds is 3. The van der Waals surface area contributed by atoms with E-state index in [1.165, 1.54) is 0 Å². The molecule has 1 aromatic rings. The van der Waals surface area contributed by atoms with E-state index in [-0.39, 0.29) is 6.42 Å². The average molecular weight is 178 g/mol. The van der Waals surface area contributed by atoms with Crippen molar-refractivity contribution in [3.8, 4) is 0 Å². The number of benzene rings is 1. The maximum Gasteiger partial charge on any atom is 0.307 e. The van der Waals surface area contributed by atoms with Crippen LogP contribution in [0.1, 0.15) is 23.6 Å². The van der Waals surface area contributed by atoms with Crippen molar-refractivity contribution in [3.05, 3.63) is 34.9 Å². The first-order chi connectivity index (χ1) is 6.15. The molecule has 13 heavy (non-hydrogen) atoms. The lowest BCUT2D eigenvalue weighted by Crippen LogP contribution is -2.05. The van der Waals surface area contributed by atoms with Crippen molar-refractivity contribution in [2.75, 3.05) is 0 Å². The van der Waals surface area contributed by atoms with E-state index in [1.807, 2.05) is 32.0 Å². The van der Waals surface area contributed by atoms with Crippen LogP contribution in [-0.4, -0.2) is 11.1 Å². The molecule has 0 spiro atoms. The molecule has 1 rings (SSSR count). The third-order valence-electron chi connectivity index (χ3n) is 2.22. The van der Waals surface area contributed by atoms with Gasteiger partial charge in [0.1, 0.15) is 0 Å². The van der Waals surface area contributed by atoms with Crippen LogP contribution in [0.2, 0.25) is 0 Å². The highest BCUT2D eigenvalue weighted by atomic mass is 16.4. The van der Waals surface area contributed by atoms with E-state index in [4.69, 9.17) is 5.11 Å². The summed E-state index contributed by atoms with van der Waals surface area (Å²) >= 11 is 0. The quantitative estimate of drug-likeness (QED) is 0.770. The Morgan fingerprint density at radius 3 is 2.69 bits per heavy atom. The highest BCUT2D eigenvalue weighted by Gasteiger charge is 2.07. The number of aliphatic carboxylic acids is 1. The summed E-state index contributed by atoms with van der Waals surface area (Å²) in [6.07, 6.45) is 1.03. The molecule has 0 heterocycles. The lowest BCUT2D eigenvalue weighted by Gasteiger charge is -2.08. The Labute approximate surface area is 78.2 Å². The summed E-state index contributed by atoms with van der Waals surface area (Å²) in [4.78, 5) is 10.6. The normalized spacial score (nSPS) is 10.0. The summed E-state index contributed by atoms with van der Waals surface area (Å²) in [6, 6.07) is 5.92. The van der Waals surface area contributed by atoms with Gasteiger partial charge in [0.05, 0.1) is 6.42 Å². The molecule has 0 aromatic heterocycles. The Bertz CT molecular complexity index is 316. The van der Waals surface area contributed by atoms with Gasteiger partial charge >= 0.3 is 5.97 Å². The van der Waals surface area contributed by atoms with Gasteiger partial charge in [-0.05, 0) is 30.0 Å². The number of carbonyl (C=O) groups is 1. The van der Waals surface area contributed by atoms with Crippen molar-refractivity contribution >= 4 is 5.97 Å². The molecule has 70 valence electrons. The Hall–Kier alpha value is -1.31. The minimum absolute atomic E-state index is 0.135. The number of carboxylic acid groups (broad SMARTS) is 1. The minimum atomic E-state index is -0.760. The standard InChI is InChI=1S/C11H14O2/c1-3-9-6-4-5-8(2)10(9)7-11(12)13/h4-6H,3,7H2,1-2H3,(H,12,13). The van der Waals surface area contributed by atoms with Crippen molar-refractivity contribution in [2.24, 2.45) is 0 Å². The van der Waals surface area contributed by atoms with Gasteiger partial charge in [0, 0.05) is 0 Å². The highest BCUT2D eigenvalue weighted by molar-refractivity contribution is 5.71. The van der Waals surface area contributed by atoms with Crippen LogP contribution in [-0.2, 0) is 17.6 Å². The molecule has 2 nitrogen and oxygen atoms in total. The van der Waals surface area contributed by atoms with E-state index < -0.39 is 5.97 Å². The zero-order valence-corrected chi connectivity index (χ0v) is 8.00. The Kier molecular flexibility index (Phi) is 3.07. The van der Waals surface area contributed by atoms with Gasteiger partial charge in [-0.2, -0.15) is 0 Å². The van der Waals surface area contributed by atoms with E-state index >= 15 is 0 Å². The molecule has 0 fully saturated rings. The van der Waals surface area contributed by atoms with Gasteiger partial charge in [-0.3, -0.25) is 4.79 Å². The maximum absolute atomic E-state index is 10.6. The third-order valence-corrected chi connectivity index (χ3v) is 2.22. The largest absolute Gasteiger partial charge is 0.481 e. The van der Waals surface area contributed by atoms with E-state index in [1.54, 1.807) is 0 Å². The average Bonchev–Trinajstić information content (AvgIpc) is 2.08. The van der Waals surface area contributed by atoms with Crippen LogP contribution >= 0.6 is 0 Å². The predicted molar refractivity (Wildman–Crippen MR) is 51.9 cm³/mol. The Morgan fingerprint density at radius 1 is 1.46 bits per heavy atom. The van der Waals surface area contributed by atoms with Crippen molar-refractivity contribution in [1.82, 2.24) is 0 Å². The van der Waals surface area contributed by atoms with E-state index in [2.05, 4.69) is 0 Å². The molecule has 0 bridgehead atoms. The molecule has 0 aliphatic carbocycles. The molecule has 0 aliphatic rings. The molecule has 0 unspecified atom stereocenters. The van der Waals surface area contributed by atoms with Crippen LogP contribution < -0.4 is 0 Å². The smallest absolute Gasteiger partial charge is 0.307 e. The monoisotopic (exact) mass is 178 g/mol. The molecular weight excluding hydrogens is 164 g/mol. The lowest BCUT2D eigenvalue weighted by molar-refractivity contribution is -0.136. The summed E-state index contributed by atoms with van der Waals surface area (Å²) in [7, 11) is 0. The summed E-state index contributed by atoms with van der Waals surface area (Å²) in [5, 5.41) is 8.71. The van der Waals surface area contributed by atoms with Crippen molar-refractivity contribution in [1.29, 1.82) is 0 Å². The topological polar surface area (TPSA) is 37.3 Å². The second-order valence-electron chi connectivity index (χ2n) is 3.14. The lowest BCUT2D eigenvalue weighted by atomic mass is 9.98. The van der Waals surface area contributed by atoms with Crippen LogP contribution in [0.4, 0.5) is 0 Å². The van der Waals surface area contributed by atoms with Crippen molar-refractivity contribution in [3.63, 3.8) is 0 Å². The Morgan fingerprint density at radius 2 is 2.15 bits per heavy atom. The van der Waals surface area contributed by atoms with Crippen LogP contribution in [0.3, 0.4) is 0 Å². The number of hydrogen-bond donors (Lipinski definition) is 1. The van der Waals surface area contributed by atoms with Crippen LogP contribution in [0.25, 0.3) is 0 Å². The van der Waals surface area contributed by atoms with Crippen molar-refractivity contribution < 1.29 is 9.90 Å². The number of aryl methyl sites for hydroxylation is 2. The molecule has 1 aromatic carbocycles. The molecule has 2 heteroatoms.